The van der Waals surface area contributed by atoms with Crippen LogP contribution in [-0.2, 0) is 32.3 Å². The topological polar surface area (TPSA) is 86.8 Å². The number of amides is 2. The summed E-state index contributed by atoms with van der Waals surface area (Å²) in [6.45, 7) is 5.53. The van der Waals surface area contributed by atoms with Crippen LogP contribution in [0.15, 0.2) is 42.5 Å². The number of sulfonamides is 1. The van der Waals surface area contributed by atoms with Crippen molar-refractivity contribution < 1.29 is 35.6 Å². The van der Waals surface area contributed by atoms with Crippen LogP contribution in [0.2, 0.25) is 5.02 Å². The number of hydrogen-bond donors (Lipinski definition) is 1. The first-order valence-electron chi connectivity index (χ1n) is 11.0. The molecule has 0 saturated heterocycles. The average molecular weight is 566 g/mol. The lowest BCUT2D eigenvalue weighted by Gasteiger charge is -2.33. The quantitative estimate of drug-likeness (QED) is 0.474. The number of anilines is 1. The Kier molecular flexibility index (Phi) is 9.24. The number of nitrogens with one attached hydrogen (secondary N) is 1. The van der Waals surface area contributed by atoms with Crippen molar-refractivity contribution in [3.05, 3.63) is 64.4 Å². The van der Waals surface area contributed by atoms with Crippen molar-refractivity contribution >= 4 is 39.1 Å². The summed E-state index contributed by atoms with van der Waals surface area (Å²) in [5, 5.41) is 2.09. The van der Waals surface area contributed by atoms with E-state index in [0.29, 0.717) is 15.9 Å². The Morgan fingerprint density at radius 2 is 1.62 bits per heavy atom. The highest BCUT2D eigenvalue weighted by atomic mass is 35.5. The fraction of sp³-hybridized carbons (Fsp3) is 0.417. The molecule has 0 aliphatic carbocycles. The zero-order chi connectivity index (χ0) is 28.3. The molecule has 0 aliphatic heterocycles. The van der Waals surface area contributed by atoms with Gasteiger partial charge in [-0.3, -0.25) is 13.9 Å². The van der Waals surface area contributed by atoms with E-state index < -0.39 is 68.2 Å². The predicted molar refractivity (Wildman–Crippen MR) is 133 cm³/mol. The van der Waals surface area contributed by atoms with E-state index in [1.807, 2.05) is 0 Å². The van der Waals surface area contributed by atoms with Crippen LogP contribution < -0.4 is 9.62 Å². The molecule has 204 valence electrons. The summed E-state index contributed by atoms with van der Waals surface area (Å²) in [7, 11) is -4.25. The molecule has 0 bridgehead atoms. The number of carbonyl (C=O) groups is 2. The van der Waals surface area contributed by atoms with E-state index in [1.165, 1.54) is 19.1 Å². The van der Waals surface area contributed by atoms with Crippen LogP contribution in [0.4, 0.5) is 23.2 Å². The second-order valence-electron chi connectivity index (χ2n) is 9.49. The highest BCUT2D eigenvalue weighted by Gasteiger charge is 2.36. The predicted octanol–water partition coefficient (Wildman–Crippen LogP) is 4.60. The molecular formula is C24H28ClF4N3O4S. The molecule has 1 atom stereocenters. The molecule has 2 aromatic carbocycles. The molecule has 2 aromatic rings. The van der Waals surface area contributed by atoms with Crippen molar-refractivity contribution in [2.24, 2.45) is 0 Å². The molecule has 0 heterocycles. The van der Waals surface area contributed by atoms with Crippen LogP contribution in [0.1, 0.15) is 38.8 Å². The Bertz CT molecular complexity index is 1250. The third-order valence-corrected chi connectivity index (χ3v) is 6.62. The molecule has 0 aliphatic rings. The van der Waals surface area contributed by atoms with Gasteiger partial charge < -0.3 is 10.2 Å². The van der Waals surface area contributed by atoms with Gasteiger partial charge in [0.15, 0.2) is 0 Å². The number of benzene rings is 2. The lowest BCUT2D eigenvalue weighted by atomic mass is 10.1. The second kappa shape index (κ2) is 11.3. The fourth-order valence-electron chi connectivity index (χ4n) is 3.34. The van der Waals surface area contributed by atoms with Gasteiger partial charge in [-0.05, 0) is 63.6 Å². The van der Waals surface area contributed by atoms with E-state index in [2.05, 4.69) is 5.32 Å². The summed E-state index contributed by atoms with van der Waals surface area (Å²) < 4.78 is 79.1. The van der Waals surface area contributed by atoms with Gasteiger partial charge in [-0.2, -0.15) is 13.2 Å². The van der Waals surface area contributed by atoms with Gasteiger partial charge in [0, 0.05) is 12.1 Å². The van der Waals surface area contributed by atoms with Crippen molar-refractivity contribution in [2.75, 3.05) is 17.1 Å². The van der Waals surface area contributed by atoms with Gasteiger partial charge in [-0.15, -0.1) is 0 Å². The van der Waals surface area contributed by atoms with E-state index in [9.17, 15) is 35.6 Å². The van der Waals surface area contributed by atoms with Gasteiger partial charge in [-0.25, -0.2) is 12.8 Å². The van der Waals surface area contributed by atoms with Crippen molar-refractivity contribution in [3.8, 4) is 0 Å². The Morgan fingerprint density at radius 3 is 2.11 bits per heavy atom. The first-order valence-corrected chi connectivity index (χ1v) is 13.2. The number of hydrogen-bond acceptors (Lipinski definition) is 4. The molecule has 0 spiro atoms. The summed E-state index contributed by atoms with van der Waals surface area (Å²) in [5.74, 6) is -1.93. The zero-order valence-electron chi connectivity index (χ0n) is 20.9. The van der Waals surface area contributed by atoms with Gasteiger partial charge in [0.25, 0.3) is 0 Å². The molecule has 0 aromatic heterocycles. The maximum Gasteiger partial charge on any atom is 0.417 e. The van der Waals surface area contributed by atoms with Crippen LogP contribution in [-0.4, -0.2) is 49.5 Å². The molecule has 0 saturated carbocycles. The minimum atomic E-state index is -4.87. The third-order valence-electron chi connectivity index (χ3n) is 5.15. The summed E-state index contributed by atoms with van der Waals surface area (Å²) >= 11 is 5.65. The smallest absolute Gasteiger partial charge is 0.350 e. The SMILES string of the molecule is C[C@@H](C(=O)NC(C)(C)C)N(Cc1ccc(F)cc1)C(=O)CN(c1ccc(Cl)c(C(F)(F)F)c1)S(C)(=O)=O. The number of halogens is 5. The van der Waals surface area contributed by atoms with Crippen LogP contribution in [0.3, 0.4) is 0 Å². The molecule has 0 fully saturated rings. The van der Waals surface area contributed by atoms with Crippen molar-refractivity contribution in [2.45, 2.75) is 52.0 Å². The highest BCUT2D eigenvalue weighted by molar-refractivity contribution is 7.92. The molecule has 2 rings (SSSR count). The lowest BCUT2D eigenvalue weighted by molar-refractivity contribution is -0.140. The molecule has 1 N–H and O–H groups in total. The Labute approximate surface area is 218 Å². The van der Waals surface area contributed by atoms with Crippen LogP contribution in [0.25, 0.3) is 0 Å². The molecule has 37 heavy (non-hydrogen) atoms. The third kappa shape index (κ3) is 8.60. The Balaban J connectivity index is 2.49. The van der Waals surface area contributed by atoms with Gasteiger partial charge >= 0.3 is 6.18 Å². The maximum atomic E-state index is 13.4. The van der Waals surface area contributed by atoms with Crippen LogP contribution in [0.5, 0.6) is 0 Å². The van der Waals surface area contributed by atoms with E-state index in [0.717, 1.165) is 35.4 Å². The summed E-state index contributed by atoms with van der Waals surface area (Å²) in [4.78, 5) is 27.4. The maximum absolute atomic E-state index is 13.4. The first-order chi connectivity index (χ1) is 16.8. The molecule has 0 unspecified atom stereocenters. The lowest BCUT2D eigenvalue weighted by Crippen LogP contribution is -2.54. The normalized spacial score (nSPS) is 13.1. The zero-order valence-corrected chi connectivity index (χ0v) is 22.4. The monoisotopic (exact) mass is 565 g/mol. The largest absolute Gasteiger partial charge is 0.417 e. The van der Waals surface area contributed by atoms with E-state index >= 15 is 0 Å². The highest BCUT2D eigenvalue weighted by Crippen LogP contribution is 2.37. The fourth-order valence-corrected chi connectivity index (χ4v) is 4.41. The van der Waals surface area contributed by atoms with E-state index in [-0.39, 0.29) is 6.54 Å². The summed E-state index contributed by atoms with van der Waals surface area (Å²) in [6, 6.07) is 6.48. The molecule has 0 radical (unpaired) electrons. The minimum absolute atomic E-state index is 0.191. The molecular weight excluding hydrogens is 538 g/mol. The van der Waals surface area contributed by atoms with Gasteiger partial charge in [0.05, 0.1) is 22.5 Å². The molecule has 7 nitrogen and oxygen atoms in total. The van der Waals surface area contributed by atoms with Crippen LogP contribution in [0, 0.1) is 5.82 Å². The van der Waals surface area contributed by atoms with Crippen molar-refractivity contribution in [3.63, 3.8) is 0 Å². The van der Waals surface area contributed by atoms with Crippen LogP contribution >= 0.6 is 11.6 Å². The number of nitrogens with zero attached hydrogens (tertiary/aromatic N) is 2. The van der Waals surface area contributed by atoms with Gasteiger partial charge in [0.1, 0.15) is 18.4 Å². The van der Waals surface area contributed by atoms with E-state index in [4.69, 9.17) is 11.6 Å². The standard InChI is InChI=1S/C24H28ClF4N3O4S/c1-15(22(34)30-23(2,3)4)31(13-16-6-8-17(26)9-7-16)21(33)14-32(37(5,35)36)18-10-11-20(25)19(12-18)24(27,28)29/h6-12,15H,13-14H2,1-5H3,(H,30,34)/t15-/m0/s1. The number of carbonyl (C=O) groups excluding carboxylic acids is 2. The summed E-state index contributed by atoms with van der Waals surface area (Å²) in [5.41, 5.74) is -1.90. The molecule has 2 amide bonds. The molecule has 13 heteroatoms. The average Bonchev–Trinajstić information content (AvgIpc) is 2.74. The second-order valence-corrected chi connectivity index (χ2v) is 11.8. The van der Waals surface area contributed by atoms with Crippen molar-refractivity contribution in [1.82, 2.24) is 10.2 Å². The Morgan fingerprint density at radius 1 is 1.05 bits per heavy atom. The minimum Gasteiger partial charge on any atom is -0.350 e. The number of alkyl halides is 3. The van der Waals surface area contributed by atoms with E-state index in [1.54, 1.807) is 20.8 Å². The first kappa shape index (κ1) is 30.4. The summed E-state index contributed by atoms with van der Waals surface area (Å²) in [6.07, 6.45) is -4.13. The Hall–Kier alpha value is -2.86. The number of rotatable bonds is 8. The van der Waals surface area contributed by atoms with Gasteiger partial charge in [0.2, 0.25) is 21.8 Å². The van der Waals surface area contributed by atoms with Gasteiger partial charge in [-0.1, -0.05) is 23.7 Å². The van der Waals surface area contributed by atoms with Crippen molar-refractivity contribution in [1.29, 1.82) is 0 Å².